The zero-order valence-electron chi connectivity index (χ0n) is 20.8. The van der Waals surface area contributed by atoms with Crippen molar-refractivity contribution in [1.29, 1.82) is 0 Å². The van der Waals surface area contributed by atoms with Crippen LogP contribution in [0.1, 0.15) is 47.9 Å². The number of aliphatic hydroxyl groups excluding tert-OH is 5. The Balaban J connectivity index is 1.76. The fourth-order valence-electron chi connectivity index (χ4n) is 4.46. The molecule has 1 saturated heterocycles. The Hall–Kier alpha value is -2.97. The molecular formula is C26H32O12. The lowest BCUT2D eigenvalue weighted by Crippen LogP contribution is -2.60. The van der Waals surface area contributed by atoms with Crippen LogP contribution in [-0.2, 0) is 11.2 Å². The quantitative estimate of drug-likeness (QED) is 0.229. The fourth-order valence-corrected chi connectivity index (χ4v) is 4.46. The van der Waals surface area contributed by atoms with Gasteiger partial charge in [-0.2, -0.15) is 0 Å². The SMILES string of the molecule is CC(C)(O)CCc1c(O[C@@H]2O[C@H](CO)[C@@H](O)[C@@H](O)[C@H]2O)cc2c(c1O)C(=O)C(O)C(c1ccc(O)cc1)O2. The number of Topliss-reactive ketones (excluding diaryl/α,β-unsaturated/α-hetero) is 1. The van der Waals surface area contributed by atoms with E-state index in [4.69, 9.17) is 14.2 Å². The van der Waals surface area contributed by atoms with E-state index < -0.39 is 66.7 Å². The van der Waals surface area contributed by atoms with E-state index in [1.807, 2.05) is 0 Å². The number of carbonyl (C=O) groups is 1. The predicted octanol–water partition coefficient (Wildman–Crippen LogP) is -0.343. The fraction of sp³-hybridized carbons (Fsp3) is 0.500. The van der Waals surface area contributed by atoms with Gasteiger partial charge in [-0.15, -0.1) is 0 Å². The Morgan fingerprint density at radius 2 is 1.66 bits per heavy atom. The van der Waals surface area contributed by atoms with E-state index in [1.165, 1.54) is 30.3 Å². The van der Waals surface area contributed by atoms with Gasteiger partial charge in [-0.05, 0) is 44.4 Å². The first kappa shape index (κ1) is 28.0. The molecule has 38 heavy (non-hydrogen) atoms. The first-order chi connectivity index (χ1) is 17.8. The maximum absolute atomic E-state index is 13.2. The van der Waals surface area contributed by atoms with E-state index in [2.05, 4.69) is 0 Å². The number of benzene rings is 2. The maximum atomic E-state index is 13.2. The van der Waals surface area contributed by atoms with Crippen molar-refractivity contribution >= 4 is 5.78 Å². The summed E-state index contributed by atoms with van der Waals surface area (Å²) in [5.41, 5.74) is -1.07. The van der Waals surface area contributed by atoms with Crippen LogP contribution in [0.2, 0.25) is 0 Å². The number of ketones is 1. The zero-order chi connectivity index (χ0) is 27.9. The minimum atomic E-state index is -1.75. The first-order valence-electron chi connectivity index (χ1n) is 12.1. The molecule has 2 aliphatic heterocycles. The molecule has 0 amide bonds. The molecule has 2 heterocycles. The highest BCUT2D eigenvalue weighted by molar-refractivity contribution is 6.06. The molecule has 0 aromatic heterocycles. The molecule has 208 valence electrons. The van der Waals surface area contributed by atoms with Gasteiger partial charge in [0.05, 0.1) is 12.2 Å². The number of rotatable bonds is 7. The highest BCUT2D eigenvalue weighted by Crippen LogP contribution is 2.46. The molecule has 2 aromatic carbocycles. The third kappa shape index (κ3) is 5.43. The average molecular weight is 537 g/mol. The van der Waals surface area contributed by atoms with E-state index >= 15 is 0 Å². The number of hydrogen-bond donors (Lipinski definition) is 8. The Morgan fingerprint density at radius 3 is 2.26 bits per heavy atom. The number of phenols is 2. The number of aromatic hydroxyl groups is 2. The second-order valence-corrected chi connectivity index (χ2v) is 10.1. The van der Waals surface area contributed by atoms with Gasteiger partial charge in [-0.3, -0.25) is 4.79 Å². The van der Waals surface area contributed by atoms with Crippen molar-refractivity contribution in [3.05, 3.63) is 47.0 Å². The molecule has 1 fully saturated rings. The summed E-state index contributed by atoms with van der Waals surface area (Å²) >= 11 is 0. The number of carbonyl (C=O) groups excluding carboxylic acids is 1. The van der Waals surface area contributed by atoms with E-state index in [9.17, 15) is 45.6 Å². The van der Waals surface area contributed by atoms with Crippen LogP contribution in [-0.4, -0.2) is 95.7 Å². The second-order valence-electron chi connectivity index (χ2n) is 10.1. The summed E-state index contributed by atoms with van der Waals surface area (Å²) in [6.45, 7) is 2.40. The highest BCUT2D eigenvalue weighted by atomic mass is 16.7. The van der Waals surface area contributed by atoms with Crippen molar-refractivity contribution in [3.63, 3.8) is 0 Å². The monoisotopic (exact) mass is 536 g/mol. The Morgan fingerprint density at radius 1 is 1.00 bits per heavy atom. The number of phenolic OH excluding ortho intramolecular Hbond substituents is 2. The molecule has 2 aromatic rings. The van der Waals surface area contributed by atoms with Crippen LogP contribution in [0, 0.1) is 0 Å². The van der Waals surface area contributed by atoms with Gasteiger partial charge in [0, 0.05) is 11.6 Å². The van der Waals surface area contributed by atoms with E-state index in [0.717, 1.165) is 0 Å². The molecule has 0 spiro atoms. The van der Waals surface area contributed by atoms with Crippen molar-refractivity contribution < 1.29 is 59.9 Å². The lowest BCUT2D eigenvalue weighted by molar-refractivity contribution is -0.277. The predicted molar refractivity (Wildman–Crippen MR) is 129 cm³/mol. The molecular weight excluding hydrogens is 504 g/mol. The van der Waals surface area contributed by atoms with Gasteiger partial charge in [0.2, 0.25) is 12.1 Å². The van der Waals surface area contributed by atoms with E-state index in [1.54, 1.807) is 13.8 Å². The van der Waals surface area contributed by atoms with Crippen LogP contribution in [0.25, 0.3) is 0 Å². The number of aliphatic hydroxyl groups is 6. The van der Waals surface area contributed by atoms with Crippen molar-refractivity contribution in [1.82, 2.24) is 0 Å². The Labute approximate surface area is 217 Å². The molecule has 7 atom stereocenters. The molecule has 0 aliphatic carbocycles. The van der Waals surface area contributed by atoms with Gasteiger partial charge in [0.15, 0.2) is 12.2 Å². The van der Waals surface area contributed by atoms with Gasteiger partial charge in [-0.25, -0.2) is 0 Å². The van der Waals surface area contributed by atoms with E-state index in [-0.39, 0.29) is 41.2 Å². The van der Waals surface area contributed by atoms with Gasteiger partial charge in [0.1, 0.15) is 53.0 Å². The van der Waals surface area contributed by atoms with Crippen molar-refractivity contribution in [2.75, 3.05) is 6.61 Å². The van der Waals surface area contributed by atoms with Gasteiger partial charge in [0.25, 0.3) is 0 Å². The Kier molecular flexibility index (Phi) is 7.86. The summed E-state index contributed by atoms with van der Waals surface area (Å²) < 4.78 is 17.1. The second kappa shape index (κ2) is 10.7. The van der Waals surface area contributed by atoms with Crippen LogP contribution < -0.4 is 9.47 Å². The minimum absolute atomic E-state index is 0.0138. The molecule has 0 saturated carbocycles. The highest BCUT2D eigenvalue weighted by Gasteiger charge is 2.46. The molecule has 0 bridgehead atoms. The van der Waals surface area contributed by atoms with Crippen LogP contribution in [0.3, 0.4) is 0 Å². The number of fused-ring (bicyclic) bond motifs is 1. The normalized spacial score (nSPS) is 29.5. The van der Waals surface area contributed by atoms with Crippen molar-refractivity contribution in [2.24, 2.45) is 0 Å². The smallest absolute Gasteiger partial charge is 0.229 e. The minimum Gasteiger partial charge on any atom is -0.508 e. The third-order valence-electron chi connectivity index (χ3n) is 6.68. The standard InChI is InChI=1S/C26H32O12/c1-26(2,35)8-7-13-14(37-25-23(34)21(32)19(30)16(10-27)38-25)9-15-17(18(13)29)20(31)22(33)24(36-15)11-3-5-12(28)6-4-11/h3-6,9,16,19,21-25,27-30,32-35H,7-8,10H2,1-2H3/t16-,19-,21-,22?,23-,24?,25-/m1/s1. The van der Waals surface area contributed by atoms with Crippen LogP contribution in [0.4, 0.5) is 0 Å². The van der Waals surface area contributed by atoms with Gasteiger partial charge >= 0.3 is 0 Å². The van der Waals surface area contributed by atoms with E-state index in [0.29, 0.717) is 5.56 Å². The Bertz CT molecular complexity index is 1160. The van der Waals surface area contributed by atoms with Crippen LogP contribution in [0.15, 0.2) is 30.3 Å². The summed E-state index contributed by atoms with van der Waals surface area (Å²) in [6, 6.07) is 6.90. The zero-order valence-corrected chi connectivity index (χ0v) is 20.8. The van der Waals surface area contributed by atoms with Crippen molar-refractivity contribution in [3.8, 4) is 23.0 Å². The average Bonchev–Trinajstić information content (AvgIpc) is 2.86. The first-order valence-corrected chi connectivity index (χ1v) is 12.1. The summed E-state index contributed by atoms with van der Waals surface area (Å²) in [7, 11) is 0. The molecule has 12 heteroatoms. The van der Waals surface area contributed by atoms with Crippen molar-refractivity contribution in [2.45, 2.75) is 75.2 Å². The summed E-state index contributed by atoms with van der Waals surface area (Å²) in [5, 5.41) is 81.8. The topological polar surface area (TPSA) is 207 Å². The molecule has 2 unspecified atom stereocenters. The molecule has 12 nitrogen and oxygen atoms in total. The van der Waals surface area contributed by atoms with Crippen LogP contribution in [0.5, 0.6) is 23.0 Å². The molecule has 8 N–H and O–H groups in total. The third-order valence-corrected chi connectivity index (χ3v) is 6.68. The van der Waals surface area contributed by atoms with Gasteiger partial charge in [-0.1, -0.05) is 12.1 Å². The van der Waals surface area contributed by atoms with Gasteiger partial charge < -0.3 is 55.1 Å². The summed E-state index contributed by atoms with van der Waals surface area (Å²) in [6.07, 6.45) is -10.7. The molecule has 4 rings (SSSR count). The largest absolute Gasteiger partial charge is 0.508 e. The molecule has 2 aliphatic rings. The maximum Gasteiger partial charge on any atom is 0.229 e. The van der Waals surface area contributed by atoms with Crippen LogP contribution >= 0.6 is 0 Å². The summed E-state index contributed by atoms with van der Waals surface area (Å²) in [5.74, 6) is -1.70. The lowest BCUT2D eigenvalue weighted by atomic mass is 9.89. The number of hydrogen-bond acceptors (Lipinski definition) is 12. The number of ether oxygens (including phenoxy) is 3. The molecule has 0 radical (unpaired) electrons. The lowest BCUT2D eigenvalue weighted by Gasteiger charge is -2.40. The summed E-state index contributed by atoms with van der Waals surface area (Å²) in [4.78, 5) is 13.2.